The van der Waals surface area contributed by atoms with Gasteiger partial charge in [-0.25, -0.2) is 4.98 Å². The van der Waals surface area contributed by atoms with Gasteiger partial charge in [0.15, 0.2) is 5.82 Å². The second kappa shape index (κ2) is 3.42. The molecule has 0 aromatic carbocycles. The highest BCUT2D eigenvalue weighted by Crippen LogP contribution is 2.26. The molecular formula is C9H12ClN3. The molecule has 0 spiro atoms. The number of nitrogen functional groups attached to an aromatic ring is 1. The van der Waals surface area contributed by atoms with Crippen LogP contribution in [0.1, 0.15) is 19.3 Å². The summed E-state index contributed by atoms with van der Waals surface area (Å²) in [6, 6.07) is 4.01. The van der Waals surface area contributed by atoms with E-state index in [1.807, 2.05) is 0 Å². The first kappa shape index (κ1) is 8.63. The van der Waals surface area contributed by atoms with Gasteiger partial charge in [-0.05, 0) is 31.4 Å². The third-order valence-electron chi connectivity index (χ3n) is 2.34. The molecule has 0 radical (unpaired) electrons. The molecule has 1 aliphatic rings. The van der Waals surface area contributed by atoms with Crippen molar-refractivity contribution in [2.45, 2.75) is 25.3 Å². The van der Waals surface area contributed by atoms with Crippen molar-refractivity contribution in [3.8, 4) is 0 Å². The van der Waals surface area contributed by atoms with Crippen LogP contribution in [-0.4, -0.2) is 11.0 Å². The quantitative estimate of drug-likeness (QED) is 0.716. The Bertz CT molecular complexity index is 310. The number of hydrogen-bond acceptors (Lipinski definition) is 3. The average Bonchev–Trinajstić information content (AvgIpc) is 2.03. The Morgan fingerprint density at radius 3 is 2.85 bits per heavy atom. The van der Waals surface area contributed by atoms with Gasteiger partial charge in [-0.3, -0.25) is 0 Å². The molecule has 0 bridgehead atoms. The van der Waals surface area contributed by atoms with Crippen molar-refractivity contribution in [2.75, 3.05) is 11.1 Å². The minimum atomic E-state index is 0.482. The maximum atomic E-state index is 5.75. The maximum Gasteiger partial charge on any atom is 0.151 e. The number of halogens is 1. The smallest absolute Gasteiger partial charge is 0.151 e. The van der Waals surface area contributed by atoms with Crippen molar-refractivity contribution >= 4 is 23.1 Å². The zero-order chi connectivity index (χ0) is 9.26. The molecule has 1 aromatic heterocycles. The van der Waals surface area contributed by atoms with Crippen LogP contribution in [0.25, 0.3) is 0 Å². The number of rotatable bonds is 2. The van der Waals surface area contributed by atoms with Crippen molar-refractivity contribution in [1.82, 2.24) is 4.98 Å². The minimum absolute atomic E-state index is 0.482. The molecule has 0 saturated heterocycles. The highest BCUT2D eigenvalue weighted by Gasteiger charge is 2.18. The maximum absolute atomic E-state index is 5.75. The largest absolute Gasteiger partial charge is 0.396 e. The number of aromatic nitrogens is 1. The average molecular weight is 198 g/mol. The lowest BCUT2D eigenvalue weighted by molar-refractivity contribution is 0.444. The number of nitrogens with two attached hydrogens (primary N) is 1. The Hall–Kier alpha value is -0.960. The SMILES string of the molecule is Nc1ccc(Cl)nc1NC1CCC1. The molecule has 70 valence electrons. The zero-order valence-corrected chi connectivity index (χ0v) is 8.01. The summed E-state index contributed by atoms with van der Waals surface area (Å²) in [6.45, 7) is 0. The van der Waals surface area contributed by atoms with E-state index in [9.17, 15) is 0 Å². The summed E-state index contributed by atoms with van der Waals surface area (Å²) in [6.07, 6.45) is 3.69. The third-order valence-corrected chi connectivity index (χ3v) is 2.55. The van der Waals surface area contributed by atoms with Crippen LogP contribution >= 0.6 is 11.6 Å². The summed E-state index contributed by atoms with van der Waals surface area (Å²) >= 11 is 5.75. The first-order valence-corrected chi connectivity index (χ1v) is 4.82. The van der Waals surface area contributed by atoms with Gasteiger partial charge in [-0.2, -0.15) is 0 Å². The van der Waals surface area contributed by atoms with E-state index in [1.165, 1.54) is 19.3 Å². The molecule has 1 fully saturated rings. The number of pyridine rings is 1. The molecule has 1 aliphatic carbocycles. The standard InChI is InChI=1S/C9H12ClN3/c10-8-5-4-7(11)9(13-8)12-6-2-1-3-6/h4-6H,1-3,11H2,(H,12,13). The monoisotopic (exact) mass is 197 g/mol. The fourth-order valence-electron chi connectivity index (χ4n) is 1.31. The summed E-state index contributed by atoms with van der Waals surface area (Å²) in [4.78, 5) is 4.12. The van der Waals surface area contributed by atoms with Gasteiger partial charge in [-0.15, -0.1) is 0 Å². The number of nitrogens with zero attached hydrogens (tertiary/aromatic N) is 1. The van der Waals surface area contributed by atoms with E-state index < -0.39 is 0 Å². The van der Waals surface area contributed by atoms with Crippen molar-refractivity contribution in [1.29, 1.82) is 0 Å². The van der Waals surface area contributed by atoms with Gasteiger partial charge in [-0.1, -0.05) is 11.6 Å². The van der Waals surface area contributed by atoms with E-state index in [1.54, 1.807) is 12.1 Å². The lowest BCUT2D eigenvalue weighted by atomic mass is 9.93. The highest BCUT2D eigenvalue weighted by molar-refractivity contribution is 6.29. The summed E-state index contributed by atoms with van der Waals surface area (Å²) in [7, 11) is 0. The molecule has 13 heavy (non-hydrogen) atoms. The molecule has 2 rings (SSSR count). The van der Waals surface area contributed by atoms with E-state index in [2.05, 4.69) is 10.3 Å². The van der Waals surface area contributed by atoms with E-state index in [0.717, 1.165) is 5.82 Å². The molecular weight excluding hydrogens is 186 g/mol. The Labute approximate surface area is 82.3 Å². The molecule has 3 nitrogen and oxygen atoms in total. The third kappa shape index (κ3) is 1.86. The number of anilines is 2. The van der Waals surface area contributed by atoms with Crippen LogP contribution in [0.15, 0.2) is 12.1 Å². The van der Waals surface area contributed by atoms with Crippen LogP contribution in [0.4, 0.5) is 11.5 Å². The van der Waals surface area contributed by atoms with Crippen LogP contribution in [-0.2, 0) is 0 Å². The lowest BCUT2D eigenvalue weighted by Crippen LogP contribution is -2.27. The van der Waals surface area contributed by atoms with Crippen molar-refractivity contribution in [3.05, 3.63) is 17.3 Å². The summed E-state index contributed by atoms with van der Waals surface area (Å²) in [5.41, 5.74) is 6.40. The molecule has 0 unspecified atom stereocenters. The van der Waals surface area contributed by atoms with Gasteiger partial charge in [0.05, 0.1) is 5.69 Å². The van der Waals surface area contributed by atoms with E-state index in [4.69, 9.17) is 17.3 Å². The van der Waals surface area contributed by atoms with E-state index in [-0.39, 0.29) is 0 Å². The second-order valence-electron chi connectivity index (χ2n) is 3.34. The predicted octanol–water partition coefficient (Wildman–Crippen LogP) is 2.28. The minimum Gasteiger partial charge on any atom is -0.396 e. The lowest BCUT2D eigenvalue weighted by Gasteiger charge is -2.27. The number of nitrogens with one attached hydrogen (secondary N) is 1. The van der Waals surface area contributed by atoms with Gasteiger partial charge in [0.1, 0.15) is 5.15 Å². The summed E-state index contributed by atoms with van der Waals surface area (Å²) in [5.74, 6) is 0.720. The van der Waals surface area contributed by atoms with Crippen LogP contribution in [0.3, 0.4) is 0 Å². The molecule has 1 aromatic rings. The van der Waals surface area contributed by atoms with Gasteiger partial charge in [0.2, 0.25) is 0 Å². The van der Waals surface area contributed by atoms with E-state index in [0.29, 0.717) is 16.9 Å². The zero-order valence-electron chi connectivity index (χ0n) is 7.26. The molecule has 1 saturated carbocycles. The predicted molar refractivity (Wildman–Crippen MR) is 54.9 cm³/mol. The molecule has 0 atom stereocenters. The Morgan fingerprint density at radius 2 is 2.23 bits per heavy atom. The summed E-state index contributed by atoms with van der Waals surface area (Å²) < 4.78 is 0. The van der Waals surface area contributed by atoms with Crippen molar-refractivity contribution in [3.63, 3.8) is 0 Å². The second-order valence-corrected chi connectivity index (χ2v) is 3.73. The molecule has 4 heteroatoms. The Kier molecular flexibility index (Phi) is 2.27. The van der Waals surface area contributed by atoms with Crippen LogP contribution in [0.5, 0.6) is 0 Å². The first-order valence-electron chi connectivity index (χ1n) is 4.44. The van der Waals surface area contributed by atoms with E-state index >= 15 is 0 Å². The summed E-state index contributed by atoms with van der Waals surface area (Å²) in [5, 5.41) is 3.75. The van der Waals surface area contributed by atoms with Crippen LogP contribution in [0, 0.1) is 0 Å². The Balaban J connectivity index is 2.13. The highest BCUT2D eigenvalue weighted by atomic mass is 35.5. The van der Waals surface area contributed by atoms with Crippen molar-refractivity contribution < 1.29 is 0 Å². The fraction of sp³-hybridized carbons (Fsp3) is 0.444. The van der Waals surface area contributed by atoms with Crippen LogP contribution in [0.2, 0.25) is 5.15 Å². The normalized spacial score (nSPS) is 16.7. The topological polar surface area (TPSA) is 50.9 Å². The molecule has 0 amide bonds. The first-order chi connectivity index (χ1) is 6.25. The Morgan fingerprint density at radius 1 is 1.46 bits per heavy atom. The number of hydrogen-bond donors (Lipinski definition) is 2. The van der Waals surface area contributed by atoms with Crippen LogP contribution < -0.4 is 11.1 Å². The van der Waals surface area contributed by atoms with Crippen molar-refractivity contribution in [2.24, 2.45) is 0 Å². The van der Waals surface area contributed by atoms with Gasteiger partial charge in [0, 0.05) is 6.04 Å². The van der Waals surface area contributed by atoms with Gasteiger partial charge >= 0.3 is 0 Å². The van der Waals surface area contributed by atoms with Gasteiger partial charge in [0.25, 0.3) is 0 Å². The van der Waals surface area contributed by atoms with Gasteiger partial charge < -0.3 is 11.1 Å². The molecule has 1 heterocycles. The fourth-order valence-corrected chi connectivity index (χ4v) is 1.46. The molecule has 3 N–H and O–H groups in total. The molecule has 0 aliphatic heterocycles.